The molecule has 2 unspecified atom stereocenters. The van der Waals surface area contributed by atoms with Crippen LogP contribution in [0.4, 0.5) is 10.1 Å². The minimum atomic E-state index is -0.145. The summed E-state index contributed by atoms with van der Waals surface area (Å²) in [5.41, 5.74) is 7.62. The molecule has 0 aliphatic carbocycles. The molecule has 2 fully saturated rings. The van der Waals surface area contributed by atoms with Crippen LogP contribution >= 0.6 is 0 Å². The number of anilines is 1. The molecule has 2 heterocycles. The van der Waals surface area contributed by atoms with Gasteiger partial charge < -0.3 is 10.6 Å². The lowest BCUT2D eigenvalue weighted by Crippen LogP contribution is -2.36. The Hall–Kier alpha value is -1.13. The van der Waals surface area contributed by atoms with E-state index in [1.807, 2.05) is 0 Å². The first-order valence-electron chi connectivity index (χ1n) is 7.64. The van der Waals surface area contributed by atoms with Crippen LogP contribution in [0.3, 0.4) is 0 Å². The van der Waals surface area contributed by atoms with Gasteiger partial charge in [0.2, 0.25) is 0 Å². The van der Waals surface area contributed by atoms with E-state index < -0.39 is 0 Å². The predicted molar refractivity (Wildman–Crippen MR) is 80.6 cm³/mol. The molecule has 0 amide bonds. The third-order valence-corrected chi connectivity index (χ3v) is 4.89. The summed E-state index contributed by atoms with van der Waals surface area (Å²) in [4.78, 5) is 4.86. The Bertz CT molecular complexity index is 477. The van der Waals surface area contributed by atoms with Crippen LogP contribution in [0.2, 0.25) is 0 Å². The van der Waals surface area contributed by atoms with Gasteiger partial charge in [-0.2, -0.15) is 0 Å². The van der Waals surface area contributed by atoms with E-state index in [2.05, 4.69) is 22.9 Å². The van der Waals surface area contributed by atoms with E-state index in [0.29, 0.717) is 18.6 Å². The molecule has 0 aromatic heterocycles. The van der Waals surface area contributed by atoms with Gasteiger partial charge >= 0.3 is 0 Å². The SMILES string of the molecule is CN1C2CCC1CN(c1cc(F)cc(CCN)c1)CC2. The van der Waals surface area contributed by atoms with Gasteiger partial charge in [0.15, 0.2) is 0 Å². The van der Waals surface area contributed by atoms with Crippen molar-refractivity contribution in [3.8, 4) is 0 Å². The molecule has 2 aliphatic heterocycles. The highest BCUT2D eigenvalue weighted by atomic mass is 19.1. The van der Waals surface area contributed by atoms with Crippen molar-refractivity contribution in [1.82, 2.24) is 4.90 Å². The van der Waals surface area contributed by atoms with Crippen LogP contribution in [-0.2, 0) is 6.42 Å². The Morgan fingerprint density at radius 3 is 2.80 bits per heavy atom. The Labute approximate surface area is 120 Å². The zero-order chi connectivity index (χ0) is 14.1. The molecule has 0 spiro atoms. The molecule has 3 nitrogen and oxygen atoms in total. The maximum atomic E-state index is 13.8. The topological polar surface area (TPSA) is 32.5 Å². The highest BCUT2D eigenvalue weighted by Gasteiger charge is 2.34. The van der Waals surface area contributed by atoms with Crippen LogP contribution < -0.4 is 10.6 Å². The van der Waals surface area contributed by atoms with Crippen molar-refractivity contribution in [1.29, 1.82) is 0 Å². The lowest BCUT2D eigenvalue weighted by molar-refractivity contribution is 0.254. The summed E-state index contributed by atoms with van der Waals surface area (Å²) in [5.74, 6) is -0.145. The summed E-state index contributed by atoms with van der Waals surface area (Å²) in [6.07, 6.45) is 4.50. The van der Waals surface area contributed by atoms with E-state index in [-0.39, 0.29) is 5.82 Å². The fourth-order valence-corrected chi connectivity index (χ4v) is 3.67. The largest absolute Gasteiger partial charge is 0.370 e. The van der Waals surface area contributed by atoms with Crippen LogP contribution in [0.5, 0.6) is 0 Å². The molecule has 0 saturated carbocycles. The third-order valence-electron chi connectivity index (χ3n) is 4.89. The lowest BCUT2D eigenvalue weighted by Gasteiger charge is -2.28. The van der Waals surface area contributed by atoms with Crippen LogP contribution in [0.1, 0.15) is 24.8 Å². The summed E-state index contributed by atoms with van der Waals surface area (Å²) in [6, 6.07) is 6.70. The average molecular weight is 277 g/mol. The molecular formula is C16H24FN3. The smallest absolute Gasteiger partial charge is 0.125 e. The minimum Gasteiger partial charge on any atom is -0.370 e. The number of nitrogens with zero attached hydrogens (tertiary/aromatic N) is 2. The number of nitrogens with two attached hydrogens (primary N) is 1. The van der Waals surface area contributed by atoms with Gasteiger partial charge in [-0.05, 0) is 63.0 Å². The van der Waals surface area contributed by atoms with Crippen molar-refractivity contribution in [2.75, 3.05) is 31.6 Å². The second kappa shape index (κ2) is 5.70. The molecule has 4 heteroatoms. The Morgan fingerprint density at radius 2 is 2.00 bits per heavy atom. The highest BCUT2D eigenvalue weighted by Crippen LogP contribution is 2.31. The fraction of sp³-hybridized carbons (Fsp3) is 0.625. The number of hydrogen-bond acceptors (Lipinski definition) is 3. The van der Waals surface area contributed by atoms with Crippen LogP contribution in [0, 0.1) is 5.82 Å². The molecule has 0 radical (unpaired) electrons. The van der Waals surface area contributed by atoms with Gasteiger partial charge in [0.1, 0.15) is 5.82 Å². The first kappa shape index (κ1) is 13.8. The van der Waals surface area contributed by atoms with Gasteiger partial charge in [0.25, 0.3) is 0 Å². The fourth-order valence-electron chi connectivity index (χ4n) is 3.67. The van der Waals surface area contributed by atoms with E-state index in [1.54, 1.807) is 12.1 Å². The quantitative estimate of drug-likeness (QED) is 0.917. The summed E-state index contributed by atoms with van der Waals surface area (Å²) in [5, 5.41) is 0. The van der Waals surface area contributed by atoms with Gasteiger partial charge in [0.05, 0.1) is 0 Å². The summed E-state index contributed by atoms with van der Waals surface area (Å²) < 4.78 is 13.8. The number of likely N-dealkylation sites (N-methyl/N-ethyl adjacent to an activating group) is 1. The molecule has 2 atom stereocenters. The van der Waals surface area contributed by atoms with E-state index in [4.69, 9.17) is 5.73 Å². The standard InChI is InChI=1S/C16H24FN3/c1-19-14-2-3-15(19)11-20(7-5-14)16-9-12(4-6-18)8-13(17)10-16/h8-10,14-15H,2-7,11,18H2,1H3. The molecule has 2 bridgehead atoms. The molecule has 3 rings (SSSR count). The molecule has 2 aliphatic rings. The lowest BCUT2D eigenvalue weighted by atomic mass is 10.1. The number of benzene rings is 1. The number of fused-ring (bicyclic) bond motifs is 2. The molecule has 2 saturated heterocycles. The Morgan fingerprint density at radius 1 is 1.20 bits per heavy atom. The molecule has 110 valence electrons. The first-order valence-corrected chi connectivity index (χ1v) is 7.64. The van der Waals surface area contributed by atoms with E-state index >= 15 is 0 Å². The second-order valence-corrected chi connectivity index (χ2v) is 6.14. The monoisotopic (exact) mass is 277 g/mol. The van der Waals surface area contributed by atoms with Crippen molar-refractivity contribution in [3.05, 3.63) is 29.6 Å². The van der Waals surface area contributed by atoms with Crippen molar-refractivity contribution >= 4 is 5.69 Å². The van der Waals surface area contributed by atoms with Gasteiger partial charge in [-0.15, -0.1) is 0 Å². The average Bonchev–Trinajstić information content (AvgIpc) is 2.62. The summed E-state index contributed by atoms with van der Waals surface area (Å²) in [7, 11) is 2.23. The molecule has 20 heavy (non-hydrogen) atoms. The van der Waals surface area contributed by atoms with E-state index in [1.165, 1.54) is 19.3 Å². The predicted octanol–water partition coefficient (Wildman–Crippen LogP) is 2.00. The Kier molecular flexibility index (Phi) is 3.94. The number of hydrogen-bond donors (Lipinski definition) is 1. The van der Waals surface area contributed by atoms with Gasteiger partial charge in [-0.1, -0.05) is 0 Å². The van der Waals surface area contributed by atoms with Crippen molar-refractivity contribution in [3.63, 3.8) is 0 Å². The highest BCUT2D eigenvalue weighted by molar-refractivity contribution is 5.49. The van der Waals surface area contributed by atoms with Crippen LogP contribution in [0.25, 0.3) is 0 Å². The zero-order valence-corrected chi connectivity index (χ0v) is 12.2. The maximum Gasteiger partial charge on any atom is 0.125 e. The summed E-state index contributed by atoms with van der Waals surface area (Å²) >= 11 is 0. The Balaban J connectivity index is 1.82. The number of rotatable bonds is 3. The van der Waals surface area contributed by atoms with Crippen LogP contribution in [-0.4, -0.2) is 43.7 Å². The summed E-state index contributed by atoms with van der Waals surface area (Å²) in [6.45, 7) is 2.60. The number of halogens is 1. The second-order valence-electron chi connectivity index (χ2n) is 6.14. The van der Waals surface area contributed by atoms with E-state index in [9.17, 15) is 4.39 Å². The third kappa shape index (κ3) is 2.67. The zero-order valence-electron chi connectivity index (χ0n) is 12.2. The van der Waals surface area contributed by atoms with Crippen molar-refractivity contribution < 1.29 is 4.39 Å². The molecule has 1 aromatic rings. The van der Waals surface area contributed by atoms with Crippen LogP contribution in [0.15, 0.2) is 18.2 Å². The normalized spacial score (nSPS) is 26.9. The van der Waals surface area contributed by atoms with E-state index in [0.717, 1.165) is 30.8 Å². The van der Waals surface area contributed by atoms with Crippen molar-refractivity contribution in [2.45, 2.75) is 37.8 Å². The maximum absolute atomic E-state index is 13.8. The molecule has 1 aromatic carbocycles. The minimum absolute atomic E-state index is 0.145. The van der Waals surface area contributed by atoms with Crippen molar-refractivity contribution in [2.24, 2.45) is 5.73 Å². The molecule has 2 N–H and O–H groups in total. The first-order chi connectivity index (χ1) is 9.67. The van der Waals surface area contributed by atoms with Gasteiger partial charge in [-0.3, -0.25) is 4.90 Å². The molecular weight excluding hydrogens is 253 g/mol. The van der Waals surface area contributed by atoms with Gasteiger partial charge in [0, 0.05) is 30.9 Å². The van der Waals surface area contributed by atoms with Gasteiger partial charge in [-0.25, -0.2) is 4.39 Å².